The zero-order chi connectivity index (χ0) is 19.1. The highest BCUT2D eigenvalue weighted by molar-refractivity contribution is 8.26. The Morgan fingerprint density at radius 3 is 2.59 bits per heavy atom. The average Bonchev–Trinajstić information content (AvgIpc) is 2.83. The molecule has 1 saturated heterocycles. The standard InChI is InChI=1S/C19H22N2O3S2.ClH/c1-14(11-15-7-5-4-6-8-15)12-16-18(23)21(19(25)26-16)13-17(22)24-10-9-20(2)3;/h4-8,11-12H,9-10,13H2,1-3H3;1H/b14-11+,16-12-;. The van der Waals surface area contributed by atoms with Gasteiger partial charge in [-0.25, -0.2) is 0 Å². The first-order valence-corrected chi connectivity index (χ1v) is 9.38. The number of rotatable bonds is 7. The smallest absolute Gasteiger partial charge is 0.326 e. The molecule has 0 atom stereocenters. The fraction of sp³-hybridized carbons (Fsp3) is 0.316. The van der Waals surface area contributed by atoms with Gasteiger partial charge in [0.05, 0.1) is 4.91 Å². The number of likely N-dealkylation sites (N-methyl/N-ethyl adjacent to an activating group) is 1. The number of ether oxygens (including phenoxy) is 1. The third-order valence-electron chi connectivity index (χ3n) is 3.52. The van der Waals surface area contributed by atoms with Crippen molar-refractivity contribution < 1.29 is 14.3 Å². The third kappa shape index (κ3) is 7.46. The van der Waals surface area contributed by atoms with Crippen molar-refractivity contribution in [3.8, 4) is 0 Å². The quantitative estimate of drug-likeness (QED) is 0.378. The number of hydrogen-bond acceptors (Lipinski definition) is 6. The first-order valence-electron chi connectivity index (χ1n) is 8.16. The summed E-state index contributed by atoms with van der Waals surface area (Å²) >= 11 is 6.44. The summed E-state index contributed by atoms with van der Waals surface area (Å²) in [6.07, 6.45) is 3.78. The molecule has 1 aliphatic rings. The fourth-order valence-corrected chi connectivity index (χ4v) is 3.52. The number of benzene rings is 1. The molecule has 0 radical (unpaired) electrons. The maximum atomic E-state index is 12.5. The van der Waals surface area contributed by atoms with Crippen molar-refractivity contribution in [1.29, 1.82) is 0 Å². The molecule has 0 spiro atoms. The SMILES string of the molecule is CC(/C=C1\SC(=S)N(CC(=O)OCCN(C)C)C1=O)=C\c1ccccc1.Cl. The van der Waals surface area contributed by atoms with E-state index in [0.29, 0.717) is 15.8 Å². The molecule has 0 aromatic heterocycles. The van der Waals surface area contributed by atoms with Gasteiger partial charge in [0.15, 0.2) is 0 Å². The summed E-state index contributed by atoms with van der Waals surface area (Å²) < 4.78 is 5.51. The van der Waals surface area contributed by atoms with Crippen LogP contribution in [0.3, 0.4) is 0 Å². The van der Waals surface area contributed by atoms with Crippen molar-refractivity contribution in [3.63, 3.8) is 0 Å². The van der Waals surface area contributed by atoms with Gasteiger partial charge in [-0.2, -0.15) is 0 Å². The Hall–Kier alpha value is -1.67. The van der Waals surface area contributed by atoms with Crippen LogP contribution in [-0.2, 0) is 14.3 Å². The van der Waals surface area contributed by atoms with Gasteiger partial charge in [0.1, 0.15) is 17.5 Å². The monoisotopic (exact) mass is 426 g/mol. The number of thiocarbonyl (C=S) groups is 1. The van der Waals surface area contributed by atoms with Crippen LogP contribution in [0.1, 0.15) is 12.5 Å². The second-order valence-electron chi connectivity index (χ2n) is 6.09. The van der Waals surface area contributed by atoms with Crippen LogP contribution in [-0.4, -0.2) is 59.8 Å². The molecule has 8 heteroatoms. The van der Waals surface area contributed by atoms with Gasteiger partial charge >= 0.3 is 5.97 Å². The second kappa shape index (κ2) is 11.2. The van der Waals surface area contributed by atoms with Gasteiger partial charge in [-0.15, -0.1) is 12.4 Å². The van der Waals surface area contributed by atoms with Crippen LogP contribution in [0, 0.1) is 0 Å². The Bertz CT molecular complexity index is 749. The number of carbonyl (C=O) groups is 2. The summed E-state index contributed by atoms with van der Waals surface area (Å²) in [7, 11) is 3.79. The van der Waals surface area contributed by atoms with E-state index in [0.717, 1.165) is 11.1 Å². The van der Waals surface area contributed by atoms with Crippen LogP contribution in [0.5, 0.6) is 0 Å². The van der Waals surface area contributed by atoms with E-state index in [4.69, 9.17) is 17.0 Å². The van der Waals surface area contributed by atoms with Crippen molar-refractivity contribution in [1.82, 2.24) is 9.80 Å². The summed E-state index contributed by atoms with van der Waals surface area (Å²) in [6.45, 7) is 2.69. The second-order valence-corrected chi connectivity index (χ2v) is 7.77. The van der Waals surface area contributed by atoms with Crippen LogP contribution < -0.4 is 0 Å². The number of carbonyl (C=O) groups excluding carboxylic acids is 2. The van der Waals surface area contributed by atoms with Crippen molar-refractivity contribution >= 4 is 58.7 Å². The van der Waals surface area contributed by atoms with E-state index in [1.165, 1.54) is 16.7 Å². The number of hydrogen-bond donors (Lipinski definition) is 0. The van der Waals surface area contributed by atoms with Gasteiger partial charge in [-0.3, -0.25) is 14.5 Å². The van der Waals surface area contributed by atoms with Crippen molar-refractivity contribution in [2.45, 2.75) is 6.92 Å². The van der Waals surface area contributed by atoms with E-state index in [-0.39, 0.29) is 31.5 Å². The summed E-state index contributed by atoms with van der Waals surface area (Å²) in [5.41, 5.74) is 1.99. The van der Waals surface area contributed by atoms with Gasteiger partial charge in [0, 0.05) is 6.54 Å². The third-order valence-corrected chi connectivity index (χ3v) is 4.89. The highest BCUT2D eigenvalue weighted by atomic mass is 35.5. The van der Waals surface area contributed by atoms with Gasteiger partial charge in [0.2, 0.25) is 0 Å². The number of nitrogens with zero attached hydrogens (tertiary/aromatic N) is 2. The number of allylic oxidation sites excluding steroid dienone is 2. The van der Waals surface area contributed by atoms with Gasteiger partial charge in [0.25, 0.3) is 5.91 Å². The minimum atomic E-state index is -0.457. The predicted molar refractivity (Wildman–Crippen MR) is 117 cm³/mol. The van der Waals surface area contributed by atoms with Crippen LogP contribution in [0.2, 0.25) is 0 Å². The molecule has 146 valence electrons. The first-order chi connectivity index (χ1) is 12.4. The lowest BCUT2D eigenvalue weighted by Crippen LogP contribution is -2.35. The first kappa shape index (κ1) is 23.4. The maximum Gasteiger partial charge on any atom is 0.326 e. The van der Waals surface area contributed by atoms with Crippen molar-refractivity contribution in [2.75, 3.05) is 33.8 Å². The lowest BCUT2D eigenvalue weighted by molar-refractivity contribution is -0.146. The lowest BCUT2D eigenvalue weighted by Gasteiger charge is -2.14. The van der Waals surface area contributed by atoms with E-state index >= 15 is 0 Å². The maximum absolute atomic E-state index is 12.5. The Morgan fingerprint density at radius 1 is 1.30 bits per heavy atom. The molecule has 0 N–H and O–H groups in total. The van der Waals surface area contributed by atoms with E-state index in [1.54, 1.807) is 6.08 Å². The fourth-order valence-electron chi connectivity index (χ4n) is 2.21. The molecule has 1 aromatic carbocycles. The topological polar surface area (TPSA) is 49.9 Å². The van der Waals surface area contributed by atoms with Crippen molar-refractivity contribution in [3.05, 3.63) is 52.4 Å². The Balaban J connectivity index is 0.00000364. The highest BCUT2D eigenvalue weighted by Gasteiger charge is 2.33. The Morgan fingerprint density at radius 2 is 1.96 bits per heavy atom. The van der Waals surface area contributed by atoms with Crippen LogP contribution in [0.15, 0.2) is 46.9 Å². The number of amides is 1. The highest BCUT2D eigenvalue weighted by Crippen LogP contribution is 2.31. The number of thioether (sulfide) groups is 1. The Kier molecular flexibility index (Phi) is 9.73. The summed E-state index contributed by atoms with van der Waals surface area (Å²) in [6, 6.07) is 9.86. The largest absolute Gasteiger partial charge is 0.463 e. The molecule has 0 aliphatic carbocycles. The molecule has 27 heavy (non-hydrogen) atoms. The molecule has 1 amide bonds. The molecular weight excluding hydrogens is 404 g/mol. The molecular formula is C19H23ClN2O3S2. The molecule has 1 aromatic rings. The van der Waals surface area contributed by atoms with Crippen LogP contribution >= 0.6 is 36.4 Å². The lowest BCUT2D eigenvalue weighted by atomic mass is 10.1. The molecule has 1 fully saturated rings. The van der Waals surface area contributed by atoms with Crippen LogP contribution in [0.4, 0.5) is 0 Å². The minimum Gasteiger partial charge on any atom is -0.463 e. The molecule has 0 unspecified atom stereocenters. The molecule has 1 aliphatic heterocycles. The van der Waals surface area contributed by atoms with Crippen LogP contribution in [0.25, 0.3) is 6.08 Å². The van der Waals surface area contributed by atoms with E-state index in [2.05, 4.69) is 0 Å². The zero-order valence-corrected chi connectivity index (χ0v) is 18.0. The summed E-state index contributed by atoms with van der Waals surface area (Å²) in [5, 5.41) is 0. The molecule has 5 nitrogen and oxygen atoms in total. The summed E-state index contributed by atoms with van der Waals surface area (Å²) in [4.78, 5) is 28.2. The molecule has 0 bridgehead atoms. The van der Waals surface area contributed by atoms with Gasteiger partial charge in [-0.1, -0.05) is 60.4 Å². The number of esters is 1. The van der Waals surface area contributed by atoms with Gasteiger partial charge < -0.3 is 9.64 Å². The van der Waals surface area contributed by atoms with E-state index in [9.17, 15) is 9.59 Å². The van der Waals surface area contributed by atoms with E-state index < -0.39 is 5.97 Å². The van der Waals surface area contributed by atoms with Gasteiger partial charge in [-0.05, 0) is 38.2 Å². The average molecular weight is 427 g/mol. The van der Waals surface area contributed by atoms with Crippen molar-refractivity contribution in [2.24, 2.45) is 0 Å². The zero-order valence-electron chi connectivity index (χ0n) is 15.5. The van der Waals surface area contributed by atoms with E-state index in [1.807, 2.05) is 62.3 Å². The summed E-state index contributed by atoms with van der Waals surface area (Å²) in [5.74, 6) is -0.716. The normalized spacial score (nSPS) is 16.1. The molecule has 1 heterocycles. The minimum absolute atomic E-state index is 0. The predicted octanol–water partition coefficient (Wildman–Crippen LogP) is 3.36. The molecule has 2 rings (SSSR count). The Labute approximate surface area is 175 Å². The molecule has 0 saturated carbocycles. The number of halogens is 1.